The average molecular weight is 322 g/mol. The molecule has 0 unspecified atom stereocenters. The maximum Gasteiger partial charge on any atom is 0.262 e. The minimum Gasteiger partial charge on any atom is -0.497 e. The van der Waals surface area contributed by atoms with Crippen LogP contribution in [0.5, 0.6) is 17.2 Å². The van der Waals surface area contributed by atoms with Crippen molar-refractivity contribution < 1.29 is 19.0 Å². The number of hydrogen-bond donors (Lipinski definition) is 1. The molecule has 0 bridgehead atoms. The van der Waals surface area contributed by atoms with Gasteiger partial charge in [0.2, 0.25) is 0 Å². The molecule has 0 saturated carbocycles. The Bertz CT molecular complexity index is 660. The van der Waals surface area contributed by atoms with Crippen LogP contribution in [0.2, 0.25) is 5.02 Å². The molecule has 6 heteroatoms. The number of hydrogen-bond acceptors (Lipinski definition) is 4. The Morgan fingerprint density at radius 1 is 1.09 bits per heavy atom. The molecule has 5 nitrogen and oxygen atoms in total. The lowest BCUT2D eigenvalue weighted by molar-refractivity contribution is -0.118. The summed E-state index contributed by atoms with van der Waals surface area (Å²) in [6.07, 6.45) is 0. The molecule has 0 radical (unpaired) electrons. The van der Waals surface area contributed by atoms with E-state index in [1.54, 1.807) is 49.6 Å². The van der Waals surface area contributed by atoms with Crippen LogP contribution in [-0.2, 0) is 4.79 Å². The van der Waals surface area contributed by atoms with Gasteiger partial charge in [0.05, 0.1) is 24.9 Å². The van der Waals surface area contributed by atoms with Crippen molar-refractivity contribution in [1.29, 1.82) is 0 Å². The van der Waals surface area contributed by atoms with Crippen molar-refractivity contribution in [1.82, 2.24) is 0 Å². The summed E-state index contributed by atoms with van der Waals surface area (Å²) in [4.78, 5) is 12.0. The minimum atomic E-state index is -0.316. The van der Waals surface area contributed by atoms with Gasteiger partial charge in [-0.15, -0.1) is 0 Å². The molecule has 0 fully saturated rings. The van der Waals surface area contributed by atoms with Gasteiger partial charge in [-0.05, 0) is 24.3 Å². The van der Waals surface area contributed by atoms with Crippen LogP contribution in [0.25, 0.3) is 0 Å². The first-order chi connectivity index (χ1) is 10.6. The summed E-state index contributed by atoms with van der Waals surface area (Å²) in [5, 5.41) is 3.17. The Morgan fingerprint density at radius 2 is 1.86 bits per heavy atom. The fourth-order valence-electron chi connectivity index (χ4n) is 1.79. The molecular formula is C16H16ClNO4. The molecule has 0 saturated heterocycles. The van der Waals surface area contributed by atoms with E-state index >= 15 is 0 Å². The number of ether oxygens (including phenoxy) is 3. The van der Waals surface area contributed by atoms with Crippen LogP contribution >= 0.6 is 11.6 Å². The summed E-state index contributed by atoms with van der Waals surface area (Å²) < 4.78 is 15.7. The minimum absolute atomic E-state index is 0.154. The van der Waals surface area contributed by atoms with E-state index in [1.807, 2.05) is 0 Å². The van der Waals surface area contributed by atoms with Crippen LogP contribution in [0.1, 0.15) is 0 Å². The third kappa shape index (κ3) is 4.05. The maximum absolute atomic E-state index is 12.0. The highest BCUT2D eigenvalue weighted by Gasteiger charge is 2.10. The fraction of sp³-hybridized carbons (Fsp3) is 0.188. The number of halogens is 1. The molecule has 116 valence electrons. The van der Waals surface area contributed by atoms with Gasteiger partial charge in [0.25, 0.3) is 5.91 Å². The van der Waals surface area contributed by atoms with Crippen LogP contribution in [-0.4, -0.2) is 26.7 Å². The van der Waals surface area contributed by atoms with Gasteiger partial charge < -0.3 is 19.5 Å². The van der Waals surface area contributed by atoms with Gasteiger partial charge in [-0.25, -0.2) is 0 Å². The number of anilines is 1. The van der Waals surface area contributed by atoms with Gasteiger partial charge in [0.1, 0.15) is 17.2 Å². The van der Waals surface area contributed by atoms with Gasteiger partial charge in [-0.3, -0.25) is 4.79 Å². The van der Waals surface area contributed by atoms with E-state index in [9.17, 15) is 4.79 Å². The Kier molecular flexibility index (Phi) is 5.49. The van der Waals surface area contributed by atoms with E-state index in [0.29, 0.717) is 28.0 Å². The number of rotatable bonds is 6. The van der Waals surface area contributed by atoms with Crippen molar-refractivity contribution >= 4 is 23.2 Å². The van der Waals surface area contributed by atoms with Crippen LogP contribution in [0.4, 0.5) is 5.69 Å². The van der Waals surface area contributed by atoms with E-state index in [0.717, 1.165) is 0 Å². The maximum atomic E-state index is 12.0. The van der Waals surface area contributed by atoms with Crippen LogP contribution in [0, 0.1) is 0 Å². The monoisotopic (exact) mass is 321 g/mol. The molecule has 0 aliphatic rings. The lowest BCUT2D eigenvalue weighted by Crippen LogP contribution is -2.20. The normalized spacial score (nSPS) is 9.95. The second-order valence-corrected chi connectivity index (χ2v) is 4.74. The van der Waals surface area contributed by atoms with Crippen molar-refractivity contribution in [2.45, 2.75) is 0 Å². The van der Waals surface area contributed by atoms with Crippen molar-refractivity contribution in [3.63, 3.8) is 0 Å². The van der Waals surface area contributed by atoms with Gasteiger partial charge in [-0.1, -0.05) is 23.7 Å². The summed E-state index contributed by atoms with van der Waals surface area (Å²) in [7, 11) is 3.08. The first-order valence-corrected chi connectivity index (χ1v) is 6.91. The van der Waals surface area contributed by atoms with E-state index in [-0.39, 0.29) is 12.5 Å². The predicted molar refractivity (Wildman–Crippen MR) is 85.1 cm³/mol. The molecule has 2 rings (SSSR count). The zero-order valence-corrected chi connectivity index (χ0v) is 13.0. The van der Waals surface area contributed by atoms with Crippen LogP contribution in [0.3, 0.4) is 0 Å². The number of methoxy groups -OCH3 is 2. The summed E-state index contributed by atoms with van der Waals surface area (Å²) in [6, 6.07) is 12.1. The lowest BCUT2D eigenvalue weighted by atomic mass is 10.2. The van der Waals surface area contributed by atoms with Crippen molar-refractivity contribution in [2.75, 3.05) is 26.1 Å². The van der Waals surface area contributed by atoms with E-state index in [4.69, 9.17) is 25.8 Å². The third-order valence-corrected chi connectivity index (χ3v) is 3.19. The Hall–Kier alpha value is -2.40. The summed E-state index contributed by atoms with van der Waals surface area (Å²) >= 11 is 5.96. The first kappa shape index (κ1) is 16.0. The Balaban J connectivity index is 1.99. The zero-order valence-electron chi connectivity index (χ0n) is 12.3. The van der Waals surface area contributed by atoms with Crippen LogP contribution < -0.4 is 19.5 Å². The lowest BCUT2D eigenvalue weighted by Gasteiger charge is -2.12. The van der Waals surface area contributed by atoms with E-state index in [1.165, 1.54) is 7.11 Å². The molecule has 0 aliphatic carbocycles. The van der Waals surface area contributed by atoms with Gasteiger partial charge in [0, 0.05) is 6.07 Å². The summed E-state index contributed by atoms with van der Waals surface area (Å²) in [5.74, 6) is 1.29. The van der Waals surface area contributed by atoms with E-state index < -0.39 is 0 Å². The number of carbonyl (C=O) groups excluding carboxylic acids is 1. The highest BCUT2D eigenvalue weighted by molar-refractivity contribution is 6.32. The molecule has 22 heavy (non-hydrogen) atoms. The van der Waals surface area contributed by atoms with Crippen LogP contribution in [0.15, 0.2) is 42.5 Å². The van der Waals surface area contributed by atoms with Crippen molar-refractivity contribution in [3.8, 4) is 17.2 Å². The quantitative estimate of drug-likeness (QED) is 0.886. The molecule has 2 aromatic rings. The Morgan fingerprint density at radius 3 is 2.55 bits per heavy atom. The Labute approximate surface area is 133 Å². The number of carbonyl (C=O) groups is 1. The number of benzene rings is 2. The molecule has 0 aromatic heterocycles. The molecule has 0 atom stereocenters. The summed E-state index contributed by atoms with van der Waals surface area (Å²) in [5.41, 5.74) is 0.538. The topological polar surface area (TPSA) is 56.8 Å². The predicted octanol–water partition coefficient (Wildman–Crippen LogP) is 3.37. The highest BCUT2D eigenvalue weighted by Crippen LogP contribution is 2.29. The number of amides is 1. The number of nitrogens with one attached hydrogen (secondary N) is 1. The van der Waals surface area contributed by atoms with Crippen molar-refractivity contribution in [3.05, 3.63) is 47.5 Å². The van der Waals surface area contributed by atoms with Gasteiger partial charge in [0.15, 0.2) is 6.61 Å². The molecule has 0 spiro atoms. The van der Waals surface area contributed by atoms with E-state index in [2.05, 4.69) is 5.32 Å². The number of para-hydroxylation sites is 1. The molecule has 1 amide bonds. The molecular weight excluding hydrogens is 306 g/mol. The SMILES string of the molecule is COc1ccc(NC(=O)COc2ccccc2Cl)c(OC)c1. The highest BCUT2D eigenvalue weighted by atomic mass is 35.5. The zero-order chi connectivity index (χ0) is 15.9. The van der Waals surface area contributed by atoms with Gasteiger partial charge in [-0.2, -0.15) is 0 Å². The van der Waals surface area contributed by atoms with Crippen molar-refractivity contribution in [2.24, 2.45) is 0 Å². The van der Waals surface area contributed by atoms with Gasteiger partial charge >= 0.3 is 0 Å². The fourth-order valence-corrected chi connectivity index (χ4v) is 1.98. The molecule has 1 N–H and O–H groups in total. The second kappa shape index (κ2) is 7.56. The summed E-state index contributed by atoms with van der Waals surface area (Å²) in [6.45, 7) is -0.154. The molecule has 2 aromatic carbocycles. The first-order valence-electron chi connectivity index (χ1n) is 6.53. The molecule has 0 aliphatic heterocycles. The second-order valence-electron chi connectivity index (χ2n) is 4.33. The largest absolute Gasteiger partial charge is 0.497 e. The smallest absolute Gasteiger partial charge is 0.262 e. The molecule has 0 heterocycles. The standard InChI is InChI=1S/C16H16ClNO4/c1-20-11-7-8-13(15(9-11)21-2)18-16(19)10-22-14-6-4-3-5-12(14)17/h3-9H,10H2,1-2H3,(H,18,19). The average Bonchev–Trinajstić information content (AvgIpc) is 2.54. The third-order valence-electron chi connectivity index (χ3n) is 2.88.